The molecule has 9 nitrogen and oxygen atoms in total. The average molecular weight is 635 g/mol. The van der Waals surface area contributed by atoms with Crippen LogP contribution in [0.2, 0.25) is 5.02 Å². The zero-order chi connectivity index (χ0) is 30.6. The third kappa shape index (κ3) is 6.85. The molecule has 5 aromatic rings. The Morgan fingerprint density at radius 3 is 2.75 bits per heavy atom. The summed E-state index contributed by atoms with van der Waals surface area (Å²) in [4.78, 5) is 28.4. The number of thiol groups is 1. The first-order valence-electron chi connectivity index (χ1n) is 14.4. The number of aromatic carboxylic acids is 1. The number of aryl methyl sites for hydroxylation is 1. The maximum absolute atomic E-state index is 14.2. The molecule has 1 aliphatic heterocycles. The van der Waals surface area contributed by atoms with Gasteiger partial charge in [-0.3, -0.25) is 4.90 Å². The highest BCUT2D eigenvalue weighted by molar-refractivity contribution is 7.97. The molecule has 0 unspecified atom stereocenters. The van der Waals surface area contributed by atoms with E-state index >= 15 is 0 Å². The number of imidazole rings is 2. The number of aromatic nitrogens is 5. The van der Waals surface area contributed by atoms with E-state index in [1.807, 2.05) is 36.1 Å². The van der Waals surface area contributed by atoms with Crippen molar-refractivity contribution in [3.8, 4) is 5.88 Å². The molecule has 0 spiro atoms. The van der Waals surface area contributed by atoms with E-state index in [9.17, 15) is 14.3 Å². The van der Waals surface area contributed by atoms with Gasteiger partial charge in [-0.1, -0.05) is 17.7 Å². The van der Waals surface area contributed by atoms with E-state index in [0.29, 0.717) is 45.9 Å². The van der Waals surface area contributed by atoms with Crippen molar-refractivity contribution in [3.05, 3.63) is 101 Å². The maximum Gasteiger partial charge on any atom is 0.335 e. The van der Waals surface area contributed by atoms with Crippen LogP contribution in [0.25, 0.3) is 11.0 Å². The molecule has 1 N–H and O–H groups in total. The molecule has 0 radical (unpaired) electrons. The van der Waals surface area contributed by atoms with E-state index in [2.05, 4.69) is 30.9 Å². The highest BCUT2D eigenvalue weighted by Crippen LogP contribution is 2.24. The van der Waals surface area contributed by atoms with Crippen molar-refractivity contribution in [2.75, 3.05) is 13.1 Å². The molecule has 228 valence electrons. The van der Waals surface area contributed by atoms with E-state index in [0.717, 1.165) is 55.0 Å². The lowest BCUT2D eigenvalue weighted by Crippen LogP contribution is -2.38. The summed E-state index contributed by atoms with van der Waals surface area (Å²) >= 11 is 6.55. The fourth-order valence-corrected chi connectivity index (χ4v) is 6.30. The Labute approximate surface area is 262 Å². The van der Waals surface area contributed by atoms with Crippen LogP contribution in [0.4, 0.5) is 4.39 Å². The normalized spacial score (nSPS) is 14.7. The molecule has 0 aliphatic carbocycles. The fraction of sp³-hybridized carbons (Fsp3) is 0.281. The molecule has 1 aliphatic rings. The molecule has 3 aromatic heterocycles. The zero-order valence-corrected chi connectivity index (χ0v) is 25.8. The smallest absolute Gasteiger partial charge is 0.335 e. The third-order valence-electron chi connectivity index (χ3n) is 7.71. The number of halogens is 2. The number of carbonyl (C=O) groups is 1. The van der Waals surface area contributed by atoms with Gasteiger partial charge in [-0.25, -0.2) is 24.1 Å². The number of hydrogen-bond donors (Lipinski definition) is 2. The van der Waals surface area contributed by atoms with Crippen LogP contribution in [0.3, 0.4) is 0 Å². The highest BCUT2D eigenvalue weighted by atomic mass is 35.5. The molecule has 1 saturated heterocycles. The monoisotopic (exact) mass is 634 g/mol. The van der Waals surface area contributed by atoms with E-state index in [4.69, 9.17) is 21.3 Å². The molecule has 0 atom stereocenters. The number of rotatable bonds is 10. The molecule has 6 rings (SSSR count). The standard InChI is InChI=1S/C32H32ClFN6O3S/c1-2-39-20-35-16-24(39)17-40-28-14-21(32(41)42)6-8-27(28)37-30(40)18-38-12-10-25(11-13-38)43-31-5-3-4-23(36-31)19-44-29-9-7-22(33)15-26(29)34/h3-9,14-16,19-20,25,44H,2,10-13,17-18H2,1H3,(H,41,42). The van der Waals surface area contributed by atoms with Gasteiger partial charge in [0.15, 0.2) is 0 Å². The van der Waals surface area contributed by atoms with Gasteiger partial charge in [-0.15, -0.1) is 0 Å². The lowest BCUT2D eigenvalue weighted by Gasteiger charge is -2.31. The van der Waals surface area contributed by atoms with Crippen molar-refractivity contribution < 1.29 is 19.0 Å². The molecular weight excluding hydrogens is 603 g/mol. The molecule has 1 fully saturated rings. The minimum atomic E-state index is -0.963. The second-order valence-corrected chi connectivity index (χ2v) is 12.1. The molecule has 0 amide bonds. The van der Waals surface area contributed by atoms with Crippen molar-refractivity contribution in [1.82, 2.24) is 29.0 Å². The number of benzene rings is 2. The fourth-order valence-electron chi connectivity index (χ4n) is 5.38. The van der Waals surface area contributed by atoms with Gasteiger partial charge in [0.2, 0.25) is 5.88 Å². The number of likely N-dealkylation sites (tertiary alicyclic amines) is 1. The summed E-state index contributed by atoms with van der Waals surface area (Å²) < 4.78 is 24.6. The lowest BCUT2D eigenvalue weighted by molar-refractivity contribution is 0.0697. The second-order valence-electron chi connectivity index (χ2n) is 10.6. The van der Waals surface area contributed by atoms with Crippen LogP contribution >= 0.6 is 23.0 Å². The molecule has 0 bridgehead atoms. The Morgan fingerprint density at radius 1 is 1.14 bits per heavy atom. The van der Waals surface area contributed by atoms with Crippen LogP contribution in [0.15, 0.2) is 72.0 Å². The molecular formula is C32H32ClFN6O3S. The Kier molecular flexibility index (Phi) is 9.06. The Balaban J connectivity index is 1.12. The minimum absolute atomic E-state index is 0.0242. The predicted octanol–water partition coefficient (Wildman–Crippen LogP) is 5.91. The molecule has 12 heteroatoms. The molecule has 2 aromatic carbocycles. The highest BCUT2D eigenvalue weighted by Gasteiger charge is 2.24. The maximum atomic E-state index is 14.2. The van der Waals surface area contributed by atoms with Gasteiger partial charge < -0.3 is 19.0 Å². The first-order chi connectivity index (χ1) is 21.4. The summed E-state index contributed by atoms with van der Waals surface area (Å²) in [5.74, 6) is 0.122. The van der Waals surface area contributed by atoms with Gasteiger partial charge in [0.1, 0.15) is 17.7 Å². The lowest BCUT2D eigenvalue weighted by atomic mass is 10.1. The van der Waals surface area contributed by atoms with Crippen LogP contribution < -0.4 is 4.74 Å². The summed E-state index contributed by atoms with van der Waals surface area (Å²) in [5, 5.41) is 11.8. The SMILES string of the molecule is CCn1cncc1Cn1c(CN2CCC(Oc3cccc(C=[SH]c4ccc(Cl)cc4F)n3)CC2)nc2ccc(C(=O)O)cc21. The number of ether oxygens (including phenoxy) is 1. The quantitative estimate of drug-likeness (QED) is 0.146. The second kappa shape index (κ2) is 13.3. The first-order valence-corrected chi connectivity index (χ1v) is 15.8. The van der Waals surface area contributed by atoms with Crippen LogP contribution in [0, 0.1) is 5.82 Å². The van der Waals surface area contributed by atoms with Gasteiger partial charge >= 0.3 is 5.97 Å². The van der Waals surface area contributed by atoms with E-state index in [1.54, 1.807) is 30.3 Å². The van der Waals surface area contributed by atoms with Crippen molar-refractivity contribution in [2.24, 2.45) is 0 Å². The molecule has 0 saturated carbocycles. The van der Waals surface area contributed by atoms with Crippen molar-refractivity contribution >= 4 is 45.3 Å². The van der Waals surface area contributed by atoms with Crippen molar-refractivity contribution in [2.45, 2.75) is 50.4 Å². The van der Waals surface area contributed by atoms with E-state index in [-0.39, 0.29) is 17.5 Å². The predicted molar refractivity (Wildman–Crippen MR) is 171 cm³/mol. The number of carboxylic acids is 1. The Hall–Kier alpha value is -4.06. The topological polar surface area (TPSA) is 98.3 Å². The van der Waals surface area contributed by atoms with Crippen LogP contribution in [-0.4, -0.2) is 64.6 Å². The van der Waals surface area contributed by atoms with Crippen molar-refractivity contribution in [1.29, 1.82) is 0 Å². The van der Waals surface area contributed by atoms with Crippen LogP contribution in [0.5, 0.6) is 5.88 Å². The van der Waals surface area contributed by atoms with Crippen LogP contribution in [0.1, 0.15) is 47.3 Å². The number of hydrogen-bond acceptors (Lipinski definition) is 6. The summed E-state index contributed by atoms with van der Waals surface area (Å²) in [6.45, 7) is 5.68. The summed E-state index contributed by atoms with van der Waals surface area (Å²) in [6, 6.07) is 15.3. The van der Waals surface area contributed by atoms with Gasteiger partial charge in [-0.2, -0.15) is 11.4 Å². The molecule has 4 heterocycles. The van der Waals surface area contributed by atoms with Gasteiger partial charge in [0.25, 0.3) is 0 Å². The number of pyridine rings is 1. The van der Waals surface area contributed by atoms with E-state index in [1.165, 1.54) is 6.07 Å². The summed E-state index contributed by atoms with van der Waals surface area (Å²) in [5.41, 5.74) is 3.55. The number of carboxylic acid groups (broad SMARTS) is 1. The largest absolute Gasteiger partial charge is 0.478 e. The number of nitrogens with zero attached hydrogens (tertiary/aromatic N) is 6. The summed E-state index contributed by atoms with van der Waals surface area (Å²) in [7, 11) is 0. The van der Waals surface area contributed by atoms with Crippen LogP contribution in [-0.2, 0) is 19.6 Å². The molecule has 44 heavy (non-hydrogen) atoms. The Morgan fingerprint density at radius 2 is 1.98 bits per heavy atom. The van der Waals surface area contributed by atoms with Gasteiger partial charge in [0, 0.05) is 41.8 Å². The first kappa shape index (κ1) is 30.0. The van der Waals surface area contributed by atoms with Gasteiger partial charge in [0.05, 0.1) is 47.4 Å². The van der Waals surface area contributed by atoms with Gasteiger partial charge in [-0.05, 0) is 67.6 Å². The minimum Gasteiger partial charge on any atom is -0.478 e. The third-order valence-corrected chi connectivity index (χ3v) is 8.98. The van der Waals surface area contributed by atoms with E-state index < -0.39 is 5.97 Å². The summed E-state index contributed by atoms with van der Waals surface area (Å²) in [6.07, 6.45) is 5.34. The number of fused-ring (bicyclic) bond motifs is 1. The van der Waals surface area contributed by atoms with Crippen molar-refractivity contribution in [3.63, 3.8) is 0 Å². The zero-order valence-electron chi connectivity index (χ0n) is 24.1. The average Bonchev–Trinajstić information content (AvgIpc) is 3.61. The number of piperidine rings is 1. The Bertz CT molecular complexity index is 1830.